The number of aromatic nitrogens is 2. The molecule has 38 heavy (non-hydrogen) atoms. The van der Waals surface area contributed by atoms with Crippen molar-refractivity contribution >= 4 is 34.1 Å². The molecule has 1 fully saturated rings. The SMILES string of the molecule is O=C(NCCN1CCN(c2ccccc2)CC1)c1ccc2c(c1)[nH]c(=O)c1cccn12.O=C(O)C(F)(F)F. The summed E-state index contributed by atoms with van der Waals surface area (Å²) in [5.74, 6) is -2.88. The van der Waals surface area contributed by atoms with E-state index in [4.69, 9.17) is 9.90 Å². The third-order valence-corrected chi connectivity index (χ3v) is 6.20. The van der Waals surface area contributed by atoms with Crippen molar-refractivity contribution in [2.45, 2.75) is 6.18 Å². The van der Waals surface area contributed by atoms with E-state index in [0.717, 1.165) is 38.2 Å². The molecule has 0 saturated carbocycles. The van der Waals surface area contributed by atoms with Crippen molar-refractivity contribution in [2.75, 3.05) is 44.2 Å². The molecule has 0 aliphatic carbocycles. The first-order valence-corrected chi connectivity index (χ1v) is 11.9. The lowest BCUT2D eigenvalue weighted by Gasteiger charge is -2.36. The number of benzene rings is 2. The summed E-state index contributed by atoms with van der Waals surface area (Å²) in [6, 6.07) is 19.5. The van der Waals surface area contributed by atoms with Gasteiger partial charge in [0, 0.05) is 56.7 Å². The molecule has 1 amide bonds. The summed E-state index contributed by atoms with van der Waals surface area (Å²) in [7, 11) is 0. The second-order valence-corrected chi connectivity index (χ2v) is 8.67. The van der Waals surface area contributed by atoms with Crippen LogP contribution in [0.4, 0.5) is 18.9 Å². The van der Waals surface area contributed by atoms with Crippen molar-refractivity contribution in [1.29, 1.82) is 0 Å². The zero-order valence-electron chi connectivity index (χ0n) is 20.2. The topological polar surface area (TPSA) is 110 Å². The fourth-order valence-electron chi connectivity index (χ4n) is 4.25. The third kappa shape index (κ3) is 6.32. The van der Waals surface area contributed by atoms with Gasteiger partial charge >= 0.3 is 12.1 Å². The Morgan fingerprint density at radius 3 is 2.29 bits per heavy atom. The number of carboxylic acids is 1. The van der Waals surface area contributed by atoms with Crippen molar-refractivity contribution in [3.8, 4) is 0 Å². The number of aliphatic carboxylic acids is 1. The number of H-pyrrole nitrogens is 1. The Morgan fingerprint density at radius 1 is 0.947 bits per heavy atom. The van der Waals surface area contributed by atoms with Gasteiger partial charge in [-0.3, -0.25) is 14.5 Å². The highest BCUT2D eigenvalue weighted by Gasteiger charge is 2.38. The molecule has 2 aromatic carbocycles. The van der Waals surface area contributed by atoms with Crippen molar-refractivity contribution in [1.82, 2.24) is 19.6 Å². The van der Waals surface area contributed by atoms with Crippen molar-refractivity contribution in [2.24, 2.45) is 0 Å². The number of para-hydroxylation sites is 1. The molecule has 12 heteroatoms. The molecule has 0 spiro atoms. The number of nitrogens with one attached hydrogen (secondary N) is 2. The van der Waals surface area contributed by atoms with Gasteiger partial charge in [0.2, 0.25) is 0 Å². The van der Waals surface area contributed by atoms with Gasteiger partial charge in [-0.25, -0.2) is 4.79 Å². The maximum absolute atomic E-state index is 12.6. The van der Waals surface area contributed by atoms with Gasteiger partial charge in [-0.05, 0) is 42.5 Å². The molecule has 2 aromatic heterocycles. The number of anilines is 1. The van der Waals surface area contributed by atoms with Gasteiger partial charge in [0.05, 0.1) is 11.0 Å². The number of hydrogen-bond donors (Lipinski definition) is 3. The number of halogens is 3. The molecule has 9 nitrogen and oxygen atoms in total. The van der Waals surface area contributed by atoms with Crippen LogP contribution < -0.4 is 15.8 Å². The molecule has 0 radical (unpaired) electrons. The number of carbonyl (C=O) groups excluding carboxylic acids is 1. The van der Waals surface area contributed by atoms with Crippen LogP contribution in [0.1, 0.15) is 10.4 Å². The van der Waals surface area contributed by atoms with E-state index in [-0.39, 0.29) is 11.5 Å². The molecule has 1 aliphatic heterocycles. The zero-order chi connectivity index (χ0) is 27.3. The van der Waals surface area contributed by atoms with Crippen molar-refractivity contribution in [3.05, 3.63) is 82.8 Å². The molecule has 0 unspecified atom stereocenters. The minimum atomic E-state index is -5.08. The summed E-state index contributed by atoms with van der Waals surface area (Å²) < 4.78 is 33.6. The van der Waals surface area contributed by atoms with Gasteiger partial charge < -0.3 is 24.7 Å². The molecule has 1 saturated heterocycles. The zero-order valence-corrected chi connectivity index (χ0v) is 20.2. The minimum Gasteiger partial charge on any atom is -0.475 e. The number of rotatable bonds is 5. The summed E-state index contributed by atoms with van der Waals surface area (Å²) in [6.07, 6.45) is -3.23. The van der Waals surface area contributed by atoms with E-state index < -0.39 is 12.1 Å². The quantitative estimate of drug-likeness (QED) is 0.367. The van der Waals surface area contributed by atoms with E-state index >= 15 is 0 Å². The number of nitrogens with zero attached hydrogens (tertiary/aromatic N) is 3. The van der Waals surface area contributed by atoms with E-state index in [1.165, 1.54) is 5.69 Å². The lowest BCUT2D eigenvalue weighted by atomic mass is 10.1. The lowest BCUT2D eigenvalue weighted by molar-refractivity contribution is -0.192. The predicted octanol–water partition coefficient (Wildman–Crippen LogP) is 2.97. The first-order chi connectivity index (χ1) is 18.1. The number of aromatic amines is 1. The first-order valence-electron chi connectivity index (χ1n) is 11.9. The number of hydrogen-bond acceptors (Lipinski definition) is 5. The fraction of sp³-hybridized carbons (Fsp3) is 0.269. The smallest absolute Gasteiger partial charge is 0.475 e. The average Bonchev–Trinajstić information content (AvgIpc) is 3.40. The molecule has 5 rings (SSSR count). The Morgan fingerprint density at radius 2 is 1.63 bits per heavy atom. The van der Waals surface area contributed by atoms with Crippen LogP contribution in [-0.4, -0.2) is 76.7 Å². The molecule has 4 aromatic rings. The Kier molecular flexibility index (Phi) is 8.01. The Bertz CT molecular complexity index is 1480. The molecular weight excluding hydrogens is 503 g/mol. The summed E-state index contributed by atoms with van der Waals surface area (Å²) in [4.78, 5) is 41.4. The second kappa shape index (κ2) is 11.4. The van der Waals surface area contributed by atoms with Gasteiger partial charge in [-0.15, -0.1) is 0 Å². The number of piperazine rings is 1. The summed E-state index contributed by atoms with van der Waals surface area (Å²) in [5, 5.41) is 10.1. The fourth-order valence-corrected chi connectivity index (χ4v) is 4.25. The highest BCUT2D eigenvalue weighted by Crippen LogP contribution is 2.16. The predicted molar refractivity (Wildman–Crippen MR) is 137 cm³/mol. The van der Waals surface area contributed by atoms with Crippen LogP contribution in [-0.2, 0) is 4.79 Å². The number of carbonyl (C=O) groups is 2. The molecule has 0 atom stereocenters. The van der Waals surface area contributed by atoms with Gasteiger partial charge in [0.15, 0.2) is 0 Å². The van der Waals surface area contributed by atoms with Gasteiger partial charge in [0.25, 0.3) is 11.5 Å². The molecule has 0 bridgehead atoms. The normalized spacial score (nSPS) is 14.2. The lowest BCUT2D eigenvalue weighted by Crippen LogP contribution is -2.48. The highest BCUT2D eigenvalue weighted by molar-refractivity contribution is 5.97. The third-order valence-electron chi connectivity index (χ3n) is 6.20. The van der Waals surface area contributed by atoms with Gasteiger partial charge in [0.1, 0.15) is 5.52 Å². The number of alkyl halides is 3. The Labute approximate surface area is 215 Å². The maximum atomic E-state index is 12.6. The van der Waals surface area contributed by atoms with Crippen LogP contribution in [0.25, 0.3) is 16.6 Å². The molecule has 3 N–H and O–H groups in total. The number of fused-ring (bicyclic) bond motifs is 3. The van der Waals surface area contributed by atoms with Gasteiger partial charge in [-0.1, -0.05) is 18.2 Å². The maximum Gasteiger partial charge on any atom is 0.490 e. The van der Waals surface area contributed by atoms with Crippen molar-refractivity contribution < 1.29 is 27.9 Å². The second-order valence-electron chi connectivity index (χ2n) is 8.67. The Balaban J connectivity index is 0.000000426. The van der Waals surface area contributed by atoms with E-state index in [1.807, 2.05) is 28.8 Å². The van der Waals surface area contributed by atoms with Crippen LogP contribution in [0.15, 0.2) is 71.7 Å². The molecule has 200 valence electrons. The van der Waals surface area contributed by atoms with Crippen LogP contribution in [0.2, 0.25) is 0 Å². The molecule has 1 aliphatic rings. The Hall–Kier alpha value is -4.32. The summed E-state index contributed by atoms with van der Waals surface area (Å²) in [6.45, 7) is 5.36. The summed E-state index contributed by atoms with van der Waals surface area (Å²) >= 11 is 0. The standard InChI is InChI=1S/C24H25N5O2.C2HF3O2/c30-23(18-8-9-21-20(17-18)26-24(31)22-7-4-11-29(21)22)25-10-12-27-13-15-28(16-14-27)19-5-2-1-3-6-19;3-2(4,5)1(6)7/h1-9,11,17H,10,12-16H2,(H,25,30)(H,26,31);(H,6,7). The first kappa shape index (κ1) is 26.7. The monoisotopic (exact) mass is 529 g/mol. The van der Waals surface area contributed by atoms with E-state index in [1.54, 1.807) is 18.2 Å². The van der Waals surface area contributed by atoms with E-state index in [2.05, 4.69) is 44.4 Å². The highest BCUT2D eigenvalue weighted by atomic mass is 19.4. The molecular formula is C26H26F3N5O4. The van der Waals surface area contributed by atoms with Crippen LogP contribution in [0.5, 0.6) is 0 Å². The number of amides is 1. The molecule has 3 heterocycles. The van der Waals surface area contributed by atoms with E-state index in [0.29, 0.717) is 23.1 Å². The summed E-state index contributed by atoms with van der Waals surface area (Å²) in [5.41, 5.74) is 3.76. The van der Waals surface area contributed by atoms with Crippen LogP contribution in [0.3, 0.4) is 0 Å². The largest absolute Gasteiger partial charge is 0.490 e. The van der Waals surface area contributed by atoms with Gasteiger partial charge in [-0.2, -0.15) is 13.2 Å². The van der Waals surface area contributed by atoms with Crippen LogP contribution in [0, 0.1) is 0 Å². The van der Waals surface area contributed by atoms with E-state index in [9.17, 15) is 22.8 Å². The van der Waals surface area contributed by atoms with Crippen molar-refractivity contribution in [3.63, 3.8) is 0 Å². The van der Waals surface area contributed by atoms with Crippen LogP contribution >= 0.6 is 0 Å². The average molecular weight is 530 g/mol. The minimum absolute atomic E-state index is 0.127. The number of carboxylic acid groups (broad SMARTS) is 1.